The number of rotatable bonds is 6. The smallest absolute Gasteiger partial charge is 0.265 e. The number of pyridine rings is 1. The van der Waals surface area contributed by atoms with E-state index in [1.807, 2.05) is 44.4 Å². The van der Waals surface area contributed by atoms with E-state index in [4.69, 9.17) is 16.6 Å². The van der Waals surface area contributed by atoms with Gasteiger partial charge >= 0.3 is 0 Å². The van der Waals surface area contributed by atoms with Crippen molar-refractivity contribution in [1.29, 1.82) is 0 Å². The summed E-state index contributed by atoms with van der Waals surface area (Å²) >= 11 is 7.39. The fourth-order valence-corrected chi connectivity index (χ4v) is 5.81. The van der Waals surface area contributed by atoms with Crippen LogP contribution in [0.5, 0.6) is 0 Å². The number of nitrogens with one attached hydrogen (secondary N) is 1. The molecular formula is C31H30ClFN4O2S. The van der Waals surface area contributed by atoms with Crippen LogP contribution in [-0.2, 0) is 6.42 Å². The van der Waals surface area contributed by atoms with Crippen LogP contribution < -0.4 is 10.9 Å². The maximum Gasteiger partial charge on any atom is 0.265 e. The molecule has 2 aromatic carbocycles. The molecule has 3 heterocycles. The number of piperazine rings is 1. The Morgan fingerprint density at radius 3 is 2.52 bits per heavy atom. The molecule has 1 N–H and O–H groups in total. The normalized spacial score (nSPS) is 13.4. The van der Waals surface area contributed by atoms with E-state index < -0.39 is 5.82 Å². The number of allylic oxidation sites excluding steroid dienone is 1. The van der Waals surface area contributed by atoms with Crippen molar-refractivity contribution in [3.05, 3.63) is 97.5 Å². The summed E-state index contributed by atoms with van der Waals surface area (Å²) in [6.45, 7) is 8.27. The van der Waals surface area contributed by atoms with Gasteiger partial charge in [0.1, 0.15) is 10.8 Å². The summed E-state index contributed by atoms with van der Waals surface area (Å²) in [7, 11) is 0. The van der Waals surface area contributed by atoms with Crippen LogP contribution in [-0.4, -0.2) is 46.5 Å². The van der Waals surface area contributed by atoms with E-state index in [2.05, 4.69) is 5.32 Å². The number of hydrogen-bond acceptors (Lipinski definition) is 5. The van der Waals surface area contributed by atoms with Gasteiger partial charge < -0.3 is 10.2 Å². The number of halogens is 2. The Bertz CT molecular complexity index is 1650. The number of amides is 1. The largest absolute Gasteiger partial charge is 0.336 e. The number of nitrogens with zero attached hydrogens (tertiary/aromatic N) is 3. The molecule has 9 heteroatoms. The van der Waals surface area contributed by atoms with Crippen molar-refractivity contribution in [1.82, 2.24) is 19.8 Å². The van der Waals surface area contributed by atoms with Gasteiger partial charge in [0, 0.05) is 42.1 Å². The molecule has 40 heavy (non-hydrogen) atoms. The maximum absolute atomic E-state index is 14.7. The Balaban J connectivity index is 1.79. The number of aromatic nitrogens is 2. The van der Waals surface area contributed by atoms with E-state index in [1.165, 1.54) is 28.0 Å². The molecule has 1 fully saturated rings. The van der Waals surface area contributed by atoms with Crippen molar-refractivity contribution in [3.8, 4) is 27.5 Å². The molecule has 0 atom stereocenters. The van der Waals surface area contributed by atoms with Crippen LogP contribution in [0.2, 0.25) is 5.02 Å². The van der Waals surface area contributed by atoms with Gasteiger partial charge in [-0.3, -0.25) is 14.2 Å². The van der Waals surface area contributed by atoms with Crippen molar-refractivity contribution < 1.29 is 9.18 Å². The summed E-state index contributed by atoms with van der Waals surface area (Å²) in [6.07, 6.45) is 2.41. The van der Waals surface area contributed by atoms with Gasteiger partial charge in [0.25, 0.3) is 11.5 Å². The lowest BCUT2D eigenvalue weighted by Gasteiger charge is -2.29. The molecule has 0 aliphatic carbocycles. The van der Waals surface area contributed by atoms with Crippen LogP contribution in [0, 0.1) is 5.82 Å². The standard InChI is InChI=1S/C31H30ClFN4O2S/c1-4-20-7-10-23(33)16-27(20)37-28(15-19(2)3)24(30(38)36-13-11-34-12-14-36)17-25(31(37)39)29-35-26(18-40-29)21-5-8-22(32)9-6-21/h5-10,15-18,34H,4,11-14H2,1-3H3. The van der Waals surface area contributed by atoms with Crippen molar-refractivity contribution >= 4 is 34.9 Å². The molecule has 5 rings (SSSR count). The van der Waals surface area contributed by atoms with Crippen LogP contribution in [0.3, 0.4) is 0 Å². The van der Waals surface area contributed by atoms with Gasteiger partial charge in [0.2, 0.25) is 0 Å². The minimum atomic E-state index is -0.457. The van der Waals surface area contributed by atoms with E-state index in [-0.39, 0.29) is 11.5 Å². The second-order valence-corrected chi connectivity index (χ2v) is 11.2. The molecule has 0 unspecified atom stereocenters. The summed E-state index contributed by atoms with van der Waals surface area (Å²) in [4.78, 5) is 34.9. The molecule has 0 bridgehead atoms. The monoisotopic (exact) mass is 576 g/mol. The summed E-state index contributed by atoms with van der Waals surface area (Å²) in [5.74, 6) is -0.630. The third-order valence-electron chi connectivity index (χ3n) is 6.84. The fraction of sp³-hybridized carbons (Fsp3) is 0.258. The highest BCUT2D eigenvalue weighted by Crippen LogP contribution is 2.31. The predicted octanol–water partition coefficient (Wildman–Crippen LogP) is 6.45. The van der Waals surface area contributed by atoms with Gasteiger partial charge in [0.05, 0.1) is 28.2 Å². The lowest BCUT2D eigenvalue weighted by molar-refractivity contribution is 0.0735. The highest BCUT2D eigenvalue weighted by atomic mass is 35.5. The highest BCUT2D eigenvalue weighted by Gasteiger charge is 2.27. The summed E-state index contributed by atoms with van der Waals surface area (Å²) in [6, 6.07) is 13.4. The van der Waals surface area contributed by atoms with Gasteiger partial charge in [-0.05, 0) is 62.2 Å². The van der Waals surface area contributed by atoms with E-state index in [1.54, 1.807) is 29.2 Å². The number of carbonyl (C=O) groups is 1. The highest BCUT2D eigenvalue weighted by molar-refractivity contribution is 7.13. The Labute approximate surface area is 241 Å². The molecule has 1 saturated heterocycles. The van der Waals surface area contributed by atoms with Gasteiger partial charge in [-0.2, -0.15) is 0 Å². The average molecular weight is 577 g/mol. The molecule has 1 amide bonds. The number of benzene rings is 2. The second kappa shape index (κ2) is 11.9. The molecule has 0 radical (unpaired) electrons. The Hall–Kier alpha value is -3.59. The first-order valence-corrected chi connectivity index (χ1v) is 14.5. The fourth-order valence-electron chi connectivity index (χ4n) is 4.84. The van der Waals surface area contributed by atoms with E-state index in [0.717, 1.165) is 16.7 Å². The van der Waals surface area contributed by atoms with Crippen LogP contribution in [0.4, 0.5) is 4.39 Å². The molecule has 0 saturated carbocycles. The first-order valence-electron chi connectivity index (χ1n) is 13.2. The van der Waals surface area contributed by atoms with Crippen molar-refractivity contribution in [2.24, 2.45) is 0 Å². The summed E-state index contributed by atoms with van der Waals surface area (Å²) < 4.78 is 16.1. The van der Waals surface area contributed by atoms with Crippen molar-refractivity contribution in [3.63, 3.8) is 0 Å². The van der Waals surface area contributed by atoms with Crippen LogP contribution in [0.15, 0.2) is 64.3 Å². The third kappa shape index (κ3) is 5.66. The zero-order chi connectivity index (χ0) is 28.4. The van der Waals surface area contributed by atoms with Crippen LogP contribution in [0.25, 0.3) is 33.6 Å². The van der Waals surface area contributed by atoms with Crippen molar-refractivity contribution in [2.75, 3.05) is 26.2 Å². The number of carbonyl (C=O) groups excluding carboxylic acids is 1. The first-order chi connectivity index (χ1) is 19.3. The Kier molecular flexibility index (Phi) is 8.30. The third-order valence-corrected chi connectivity index (χ3v) is 7.97. The van der Waals surface area contributed by atoms with E-state index >= 15 is 0 Å². The maximum atomic E-state index is 14.7. The topological polar surface area (TPSA) is 67.2 Å². The second-order valence-electron chi connectivity index (χ2n) is 9.93. The van der Waals surface area contributed by atoms with Gasteiger partial charge in [0.15, 0.2) is 0 Å². The summed E-state index contributed by atoms with van der Waals surface area (Å²) in [5.41, 5.74) is 4.44. The minimum Gasteiger partial charge on any atom is -0.336 e. The lowest BCUT2D eigenvalue weighted by atomic mass is 10.0. The van der Waals surface area contributed by atoms with Crippen molar-refractivity contribution in [2.45, 2.75) is 27.2 Å². The zero-order valence-corrected chi connectivity index (χ0v) is 24.2. The molecule has 0 spiro atoms. The minimum absolute atomic E-state index is 0.173. The number of hydrogen-bond donors (Lipinski definition) is 1. The SMILES string of the molecule is CCc1ccc(F)cc1-n1c(C=C(C)C)c(C(=O)N2CCNCC2)cc(-c2nc(-c3ccc(Cl)cc3)cs2)c1=O. The average Bonchev–Trinajstić information content (AvgIpc) is 3.43. The lowest BCUT2D eigenvalue weighted by Crippen LogP contribution is -2.47. The molecule has 1 aliphatic rings. The van der Waals surface area contributed by atoms with E-state index in [0.29, 0.717) is 70.8 Å². The molecule has 2 aromatic heterocycles. The Morgan fingerprint density at radius 2 is 1.85 bits per heavy atom. The van der Waals surface area contributed by atoms with Gasteiger partial charge in [-0.25, -0.2) is 9.37 Å². The predicted molar refractivity (Wildman–Crippen MR) is 161 cm³/mol. The van der Waals surface area contributed by atoms with E-state index in [9.17, 15) is 14.0 Å². The molecule has 206 valence electrons. The number of aryl methyl sites for hydroxylation is 1. The molecule has 1 aliphatic heterocycles. The Morgan fingerprint density at radius 1 is 1.12 bits per heavy atom. The molecule has 6 nitrogen and oxygen atoms in total. The zero-order valence-electron chi connectivity index (χ0n) is 22.6. The first kappa shape index (κ1) is 28.0. The van der Waals surface area contributed by atoms with Gasteiger partial charge in [-0.15, -0.1) is 11.3 Å². The number of thiazole rings is 1. The van der Waals surface area contributed by atoms with Crippen LogP contribution >= 0.6 is 22.9 Å². The summed E-state index contributed by atoms with van der Waals surface area (Å²) in [5, 5.41) is 6.26. The molecular weight excluding hydrogens is 547 g/mol. The quantitative estimate of drug-likeness (QED) is 0.286. The van der Waals surface area contributed by atoms with Gasteiger partial charge in [-0.1, -0.05) is 42.3 Å². The van der Waals surface area contributed by atoms with Crippen LogP contribution in [0.1, 0.15) is 42.4 Å². The molecule has 4 aromatic rings.